The second kappa shape index (κ2) is 8.52. The van der Waals surface area contributed by atoms with Gasteiger partial charge >= 0.3 is 12.1 Å². The molecule has 0 aliphatic heterocycles. The van der Waals surface area contributed by atoms with Crippen LogP contribution in [-0.2, 0) is 20.5 Å². The maximum Gasteiger partial charge on any atom is 0.416 e. The fourth-order valence-corrected chi connectivity index (χ4v) is 1.97. The maximum atomic E-state index is 13.4. The first kappa shape index (κ1) is 20.2. The molecule has 1 amide bonds. The number of nitrogens with one attached hydrogen (secondary N) is 1. The summed E-state index contributed by atoms with van der Waals surface area (Å²) in [6, 6.07) is 9.23. The number of amides is 1. The summed E-state index contributed by atoms with van der Waals surface area (Å²) in [5.41, 5.74) is -0.747. The Kier molecular flexibility index (Phi) is 6.38. The molecule has 2 aromatic carbocycles. The highest BCUT2D eigenvalue weighted by molar-refractivity contribution is 5.95. The number of carbonyl (C=O) groups excluding carboxylic acids is 2. The van der Waals surface area contributed by atoms with Gasteiger partial charge in [-0.25, -0.2) is 9.18 Å². The van der Waals surface area contributed by atoms with E-state index >= 15 is 0 Å². The molecule has 0 aliphatic carbocycles. The largest absolute Gasteiger partial charge is 0.479 e. The molecule has 2 aromatic rings. The van der Waals surface area contributed by atoms with Crippen LogP contribution in [0.4, 0.5) is 23.2 Å². The van der Waals surface area contributed by atoms with Gasteiger partial charge in [-0.15, -0.1) is 0 Å². The first-order valence-electron chi connectivity index (χ1n) is 7.72. The highest BCUT2D eigenvalue weighted by atomic mass is 19.4. The van der Waals surface area contributed by atoms with Gasteiger partial charge in [0.15, 0.2) is 24.3 Å². The van der Waals surface area contributed by atoms with E-state index in [2.05, 4.69) is 5.32 Å². The number of benzene rings is 2. The van der Waals surface area contributed by atoms with E-state index in [0.29, 0.717) is 0 Å². The molecule has 0 radical (unpaired) electrons. The van der Waals surface area contributed by atoms with Gasteiger partial charge in [0.25, 0.3) is 5.91 Å². The second-order valence-corrected chi connectivity index (χ2v) is 5.42. The Morgan fingerprint density at radius 1 is 1.07 bits per heavy atom. The zero-order chi connectivity index (χ0) is 20.0. The van der Waals surface area contributed by atoms with Crippen LogP contribution in [0.1, 0.15) is 12.5 Å². The lowest BCUT2D eigenvalue weighted by Gasteiger charge is -2.14. The number of alkyl halides is 3. The SMILES string of the molecule is C[C@H](OC(=O)COc1ccccc1F)C(=O)Nc1ccc(C(F)(F)F)cc1. The standard InChI is InChI=1S/C18H15F4NO4/c1-11(27-16(24)10-26-15-5-3-2-4-14(15)19)17(25)23-13-8-6-12(7-9-13)18(20,21)22/h2-9,11H,10H2,1H3,(H,23,25)/t11-/m0/s1. The Morgan fingerprint density at radius 3 is 2.30 bits per heavy atom. The third-order valence-electron chi connectivity index (χ3n) is 3.34. The Balaban J connectivity index is 1.84. The number of hydrogen-bond acceptors (Lipinski definition) is 4. The zero-order valence-electron chi connectivity index (χ0n) is 14.0. The average Bonchev–Trinajstić information content (AvgIpc) is 2.60. The molecule has 9 heteroatoms. The molecular formula is C18H15F4NO4. The number of hydrogen-bond donors (Lipinski definition) is 1. The van der Waals surface area contributed by atoms with Crippen LogP contribution in [0.2, 0.25) is 0 Å². The summed E-state index contributed by atoms with van der Waals surface area (Å²) in [6.07, 6.45) is -5.71. The highest BCUT2D eigenvalue weighted by Crippen LogP contribution is 2.29. The summed E-state index contributed by atoms with van der Waals surface area (Å²) in [7, 11) is 0. The Labute approximate surface area is 151 Å². The lowest BCUT2D eigenvalue weighted by molar-refractivity contribution is -0.155. The monoisotopic (exact) mass is 385 g/mol. The molecule has 0 fully saturated rings. The van der Waals surface area contributed by atoms with E-state index in [-0.39, 0.29) is 11.4 Å². The summed E-state index contributed by atoms with van der Waals surface area (Å²) in [6.45, 7) is 0.666. The fraction of sp³-hybridized carbons (Fsp3) is 0.222. The van der Waals surface area contributed by atoms with Crippen LogP contribution in [0.5, 0.6) is 5.75 Å². The summed E-state index contributed by atoms with van der Waals surface area (Å²) in [5, 5.41) is 2.32. The topological polar surface area (TPSA) is 64.6 Å². The number of esters is 1. The molecule has 0 aromatic heterocycles. The molecule has 0 bridgehead atoms. The minimum Gasteiger partial charge on any atom is -0.479 e. The van der Waals surface area contributed by atoms with Crippen molar-refractivity contribution in [3.05, 3.63) is 59.9 Å². The first-order valence-corrected chi connectivity index (χ1v) is 7.72. The summed E-state index contributed by atoms with van der Waals surface area (Å²) >= 11 is 0. The number of ether oxygens (including phenoxy) is 2. The van der Waals surface area contributed by atoms with Gasteiger partial charge < -0.3 is 14.8 Å². The van der Waals surface area contributed by atoms with E-state index in [1.807, 2.05) is 0 Å². The lowest BCUT2D eigenvalue weighted by atomic mass is 10.2. The lowest BCUT2D eigenvalue weighted by Crippen LogP contribution is -2.31. The Morgan fingerprint density at radius 2 is 1.70 bits per heavy atom. The maximum absolute atomic E-state index is 13.4. The van der Waals surface area contributed by atoms with Crippen molar-refractivity contribution >= 4 is 17.6 Å². The molecule has 1 atom stereocenters. The van der Waals surface area contributed by atoms with E-state index < -0.39 is 42.1 Å². The van der Waals surface area contributed by atoms with Gasteiger partial charge in [0, 0.05) is 5.69 Å². The molecule has 0 saturated carbocycles. The average molecular weight is 385 g/mol. The summed E-state index contributed by atoms with van der Waals surface area (Å²) in [4.78, 5) is 23.6. The van der Waals surface area contributed by atoms with Crippen LogP contribution >= 0.6 is 0 Å². The molecule has 27 heavy (non-hydrogen) atoms. The van der Waals surface area contributed by atoms with Crippen LogP contribution in [-0.4, -0.2) is 24.6 Å². The number of carbonyl (C=O) groups is 2. The summed E-state index contributed by atoms with van der Waals surface area (Å²) < 4.78 is 60.6. The quantitative estimate of drug-likeness (QED) is 0.607. The molecule has 0 spiro atoms. The molecule has 0 saturated heterocycles. The molecule has 0 aliphatic rings. The minimum atomic E-state index is -4.48. The van der Waals surface area contributed by atoms with Crippen molar-refractivity contribution in [3.8, 4) is 5.75 Å². The molecule has 2 rings (SSSR count). The normalized spacial score (nSPS) is 12.2. The van der Waals surface area contributed by atoms with E-state index in [1.54, 1.807) is 0 Å². The van der Waals surface area contributed by atoms with Gasteiger partial charge in [0.1, 0.15) is 0 Å². The number of halogens is 4. The molecular weight excluding hydrogens is 370 g/mol. The van der Waals surface area contributed by atoms with Crippen LogP contribution in [0.3, 0.4) is 0 Å². The van der Waals surface area contributed by atoms with Gasteiger partial charge in [-0.1, -0.05) is 12.1 Å². The van der Waals surface area contributed by atoms with Crippen molar-refractivity contribution in [3.63, 3.8) is 0 Å². The van der Waals surface area contributed by atoms with Gasteiger partial charge in [0.05, 0.1) is 5.56 Å². The van der Waals surface area contributed by atoms with Gasteiger partial charge in [0.2, 0.25) is 0 Å². The van der Waals surface area contributed by atoms with Crippen molar-refractivity contribution in [2.45, 2.75) is 19.2 Å². The van der Waals surface area contributed by atoms with Crippen LogP contribution < -0.4 is 10.1 Å². The number of anilines is 1. The zero-order valence-corrected chi connectivity index (χ0v) is 14.0. The van der Waals surface area contributed by atoms with Crippen molar-refractivity contribution in [2.24, 2.45) is 0 Å². The van der Waals surface area contributed by atoms with Gasteiger partial charge in [-0.3, -0.25) is 4.79 Å². The number of para-hydroxylation sites is 1. The molecule has 0 unspecified atom stereocenters. The van der Waals surface area contributed by atoms with E-state index in [1.165, 1.54) is 25.1 Å². The van der Waals surface area contributed by atoms with Crippen LogP contribution in [0, 0.1) is 5.82 Å². The second-order valence-electron chi connectivity index (χ2n) is 5.42. The minimum absolute atomic E-state index is 0.110. The molecule has 5 nitrogen and oxygen atoms in total. The van der Waals surface area contributed by atoms with E-state index in [0.717, 1.165) is 30.3 Å². The third kappa shape index (κ3) is 5.98. The van der Waals surface area contributed by atoms with Crippen molar-refractivity contribution < 1.29 is 36.6 Å². The summed E-state index contributed by atoms with van der Waals surface area (Å²) in [5.74, 6) is -2.45. The predicted molar refractivity (Wildman–Crippen MR) is 87.5 cm³/mol. The third-order valence-corrected chi connectivity index (χ3v) is 3.34. The molecule has 144 valence electrons. The Bertz CT molecular complexity index is 806. The van der Waals surface area contributed by atoms with Crippen LogP contribution in [0.15, 0.2) is 48.5 Å². The highest BCUT2D eigenvalue weighted by Gasteiger charge is 2.30. The predicted octanol–water partition coefficient (Wildman–Crippen LogP) is 3.79. The van der Waals surface area contributed by atoms with E-state index in [9.17, 15) is 27.2 Å². The van der Waals surface area contributed by atoms with Gasteiger partial charge in [-0.05, 0) is 43.3 Å². The fourth-order valence-electron chi connectivity index (χ4n) is 1.97. The first-order chi connectivity index (χ1) is 12.7. The van der Waals surface area contributed by atoms with Crippen LogP contribution in [0.25, 0.3) is 0 Å². The molecule has 1 N–H and O–H groups in total. The van der Waals surface area contributed by atoms with E-state index in [4.69, 9.17) is 9.47 Å². The number of rotatable bonds is 6. The van der Waals surface area contributed by atoms with Crippen molar-refractivity contribution in [1.29, 1.82) is 0 Å². The Hall–Kier alpha value is -3.10. The molecule has 0 heterocycles. The van der Waals surface area contributed by atoms with Gasteiger partial charge in [-0.2, -0.15) is 13.2 Å². The smallest absolute Gasteiger partial charge is 0.416 e. The van der Waals surface area contributed by atoms with Crippen molar-refractivity contribution in [1.82, 2.24) is 0 Å². The van der Waals surface area contributed by atoms with Crippen molar-refractivity contribution in [2.75, 3.05) is 11.9 Å².